The van der Waals surface area contributed by atoms with E-state index < -0.39 is 0 Å². The molecule has 6 nitrogen and oxygen atoms in total. The SMILES string of the molecule is CC(C)(C)NC(=O)c1ccc(NC(=O)c2ccnc(CN)c2)cc1.Cl. The molecule has 1 heterocycles. The molecule has 0 aliphatic heterocycles. The predicted octanol–water partition coefficient (Wildman–Crippen LogP) is 2.74. The minimum absolute atomic E-state index is 0. The van der Waals surface area contributed by atoms with Crippen molar-refractivity contribution >= 4 is 29.9 Å². The Morgan fingerprint density at radius 3 is 2.24 bits per heavy atom. The maximum atomic E-state index is 12.2. The number of carbonyl (C=O) groups is 2. The Kier molecular flexibility index (Phi) is 7.09. The van der Waals surface area contributed by atoms with Gasteiger partial charge in [0.1, 0.15) is 0 Å². The number of rotatable bonds is 4. The Balaban J connectivity index is 0.00000312. The summed E-state index contributed by atoms with van der Waals surface area (Å²) in [5, 5.41) is 5.67. The molecule has 0 unspecified atom stereocenters. The highest BCUT2D eigenvalue weighted by Crippen LogP contribution is 2.13. The molecule has 2 aromatic rings. The summed E-state index contributed by atoms with van der Waals surface area (Å²) in [5.74, 6) is -0.402. The molecule has 0 saturated carbocycles. The fourth-order valence-corrected chi connectivity index (χ4v) is 2.05. The normalized spacial score (nSPS) is 10.6. The van der Waals surface area contributed by atoms with Gasteiger partial charge in [-0.1, -0.05) is 0 Å². The van der Waals surface area contributed by atoms with Crippen molar-refractivity contribution < 1.29 is 9.59 Å². The molecule has 0 aliphatic rings. The molecule has 7 heteroatoms. The maximum Gasteiger partial charge on any atom is 0.255 e. The molecule has 0 fully saturated rings. The number of anilines is 1. The summed E-state index contributed by atoms with van der Waals surface area (Å²) >= 11 is 0. The van der Waals surface area contributed by atoms with Gasteiger partial charge in [0.25, 0.3) is 11.8 Å². The maximum absolute atomic E-state index is 12.2. The molecule has 1 aromatic carbocycles. The van der Waals surface area contributed by atoms with Crippen LogP contribution < -0.4 is 16.4 Å². The minimum Gasteiger partial charge on any atom is -0.347 e. The van der Waals surface area contributed by atoms with Gasteiger partial charge in [0.2, 0.25) is 0 Å². The van der Waals surface area contributed by atoms with Gasteiger partial charge >= 0.3 is 0 Å². The van der Waals surface area contributed by atoms with Gasteiger partial charge < -0.3 is 16.4 Å². The summed E-state index contributed by atoms with van der Waals surface area (Å²) in [5.41, 5.74) is 7.51. The Morgan fingerprint density at radius 2 is 1.68 bits per heavy atom. The third-order valence-corrected chi connectivity index (χ3v) is 3.18. The van der Waals surface area contributed by atoms with E-state index in [4.69, 9.17) is 5.73 Å². The first-order valence-corrected chi connectivity index (χ1v) is 7.67. The molecular formula is C18H23ClN4O2. The standard InChI is InChI=1S/C18H22N4O2.ClH/c1-18(2,3)22-17(24)12-4-6-14(7-5-12)21-16(23)13-8-9-20-15(10-13)11-19;/h4-10H,11,19H2,1-3H3,(H,21,23)(H,22,24);1H. The molecular weight excluding hydrogens is 340 g/mol. The van der Waals surface area contributed by atoms with E-state index >= 15 is 0 Å². The number of hydrogen-bond donors (Lipinski definition) is 3. The Morgan fingerprint density at radius 1 is 1.04 bits per heavy atom. The van der Waals surface area contributed by atoms with Gasteiger partial charge in [-0.3, -0.25) is 14.6 Å². The van der Waals surface area contributed by atoms with Crippen LogP contribution in [-0.2, 0) is 6.54 Å². The van der Waals surface area contributed by atoms with Crippen LogP contribution in [0.15, 0.2) is 42.6 Å². The zero-order valence-corrected chi connectivity index (χ0v) is 15.3. The average molecular weight is 363 g/mol. The van der Waals surface area contributed by atoms with Gasteiger partial charge in [0.05, 0.1) is 5.69 Å². The van der Waals surface area contributed by atoms with Gasteiger partial charge in [0.15, 0.2) is 0 Å². The highest BCUT2D eigenvalue weighted by atomic mass is 35.5. The Hall–Kier alpha value is -2.44. The largest absolute Gasteiger partial charge is 0.347 e. The van der Waals surface area contributed by atoms with E-state index in [-0.39, 0.29) is 36.3 Å². The first-order chi connectivity index (χ1) is 11.3. The number of carbonyl (C=O) groups excluding carboxylic acids is 2. The molecule has 0 aliphatic carbocycles. The number of aromatic nitrogens is 1. The molecule has 2 rings (SSSR count). The third kappa shape index (κ3) is 6.17. The van der Waals surface area contributed by atoms with E-state index in [9.17, 15) is 9.59 Å². The first kappa shape index (κ1) is 20.6. The summed E-state index contributed by atoms with van der Waals surface area (Å²) in [6.45, 7) is 6.04. The first-order valence-electron chi connectivity index (χ1n) is 7.67. The highest BCUT2D eigenvalue weighted by molar-refractivity contribution is 6.04. The summed E-state index contributed by atoms with van der Waals surface area (Å²) in [7, 11) is 0. The van der Waals surface area contributed by atoms with Gasteiger partial charge in [-0.05, 0) is 57.2 Å². The van der Waals surface area contributed by atoms with Crippen LogP contribution in [0.3, 0.4) is 0 Å². The number of hydrogen-bond acceptors (Lipinski definition) is 4. The van der Waals surface area contributed by atoms with Crippen molar-refractivity contribution in [2.45, 2.75) is 32.9 Å². The van der Waals surface area contributed by atoms with Crippen LogP contribution >= 0.6 is 12.4 Å². The Labute approximate surface area is 153 Å². The predicted molar refractivity (Wildman–Crippen MR) is 101 cm³/mol. The number of nitrogens with zero attached hydrogens (tertiary/aromatic N) is 1. The lowest BCUT2D eigenvalue weighted by molar-refractivity contribution is 0.0919. The van der Waals surface area contributed by atoms with E-state index in [1.807, 2.05) is 20.8 Å². The van der Waals surface area contributed by atoms with Crippen molar-refractivity contribution in [1.29, 1.82) is 0 Å². The van der Waals surface area contributed by atoms with Gasteiger partial charge in [0, 0.05) is 35.1 Å². The monoisotopic (exact) mass is 362 g/mol. The van der Waals surface area contributed by atoms with Crippen molar-refractivity contribution in [2.24, 2.45) is 5.73 Å². The molecule has 2 amide bonds. The highest BCUT2D eigenvalue weighted by Gasteiger charge is 2.15. The molecule has 25 heavy (non-hydrogen) atoms. The molecule has 134 valence electrons. The van der Waals surface area contributed by atoms with Crippen LogP contribution in [0, 0.1) is 0 Å². The van der Waals surface area contributed by atoms with Crippen molar-refractivity contribution in [1.82, 2.24) is 10.3 Å². The molecule has 0 bridgehead atoms. The number of amides is 2. The van der Waals surface area contributed by atoms with Crippen LogP contribution in [0.25, 0.3) is 0 Å². The fraction of sp³-hybridized carbons (Fsp3) is 0.278. The van der Waals surface area contributed by atoms with E-state index in [0.29, 0.717) is 22.5 Å². The lowest BCUT2D eigenvalue weighted by Gasteiger charge is -2.20. The molecule has 0 radical (unpaired) electrons. The fourth-order valence-electron chi connectivity index (χ4n) is 2.05. The number of nitrogens with two attached hydrogens (primary N) is 1. The molecule has 4 N–H and O–H groups in total. The smallest absolute Gasteiger partial charge is 0.255 e. The molecule has 0 saturated heterocycles. The summed E-state index contributed by atoms with van der Waals surface area (Å²) in [6, 6.07) is 10.0. The van der Waals surface area contributed by atoms with Crippen molar-refractivity contribution in [3.05, 3.63) is 59.4 Å². The third-order valence-electron chi connectivity index (χ3n) is 3.18. The van der Waals surface area contributed by atoms with E-state index in [0.717, 1.165) is 0 Å². The lowest BCUT2D eigenvalue weighted by atomic mass is 10.1. The van der Waals surface area contributed by atoms with Crippen molar-refractivity contribution in [3.63, 3.8) is 0 Å². The second-order valence-corrected chi connectivity index (χ2v) is 6.48. The van der Waals surface area contributed by atoms with Crippen LogP contribution in [0.4, 0.5) is 5.69 Å². The zero-order valence-electron chi connectivity index (χ0n) is 14.5. The summed E-state index contributed by atoms with van der Waals surface area (Å²) in [4.78, 5) is 28.4. The van der Waals surface area contributed by atoms with Crippen LogP contribution in [-0.4, -0.2) is 22.3 Å². The lowest BCUT2D eigenvalue weighted by Crippen LogP contribution is -2.40. The van der Waals surface area contributed by atoms with E-state index in [2.05, 4.69) is 15.6 Å². The van der Waals surface area contributed by atoms with Gasteiger partial charge in [-0.15, -0.1) is 12.4 Å². The quantitative estimate of drug-likeness (QED) is 0.779. The number of halogens is 1. The molecule has 0 spiro atoms. The number of nitrogens with one attached hydrogen (secondary N) is 2. The number of pyridine rings is 1. The molecule has 0 atom stereocenters. The second-order valence-electron chi connectivity index (χ2n) is 6.48. The molecule has 1 aromatic heterocycles. The number of benzene rings is 1. The van der Waals surface area contributed by atoms with Gasteiger partial charge in [-0.25, -0.2) is 0 Å². The average Bonchev–Trinajstić information content (AvgIpc) is 2.54. The Bertz CT molecular complexity index is 739. The van der Waals surface area contributed by atoms with Crippen LogP contribution in [0.1, 0.15) is 47.2 Å². The van der Waals surface area contributed by atoms with Crippen molar-refractivity contribution in [2.75, 3.05) is 5.32 Å². The zero-order chi connectivity index (χ0) is 17.7. The van der Waals surface area contributed by atoms with Gasteiger partial charge in [-0.2, -0.15) is 0 Å². The van der Waals surface area contributed by atoms with Crippen molar-refractivity contribution in [3.8, 4) is 0 Å². The second kappa shape index (κ2) is 8.60. The van der Waals surface area contributed by atoms with Crippen LogP contribution in [0.2, 0.25) is 0 Å². The van der Waals surface area contributed by atoms with Crippen LogP contribution in [0.5, 0.6) is 0 Å². The van der Waals surface area contributed by atoms with E-state index in [1.54, 1.807) is 42.6 Å². The summed E-state index contributed by atoms with van der Waals surface area (Å²) < 4.78 is 0. The minimum atomic E-state index is -0.300. The topological polar surface area (TPSA) is 97.1 Å². The summed E-state index contributed by atoms with van der Waals surface area (Å²) in [6.07, 6.45) is 1.55. The van der Waals surface area contributed by atoms with E-state index in [1.165, 1.54) is 0 Å².